The van der Waals surface area contributed by atoms with Gasteiger partial charge in [0.15, 0.2) is 0 Å². The van der Waals surface area contributed by atoms with Gasteiger partial charge in [-0.05, 0) is 31.9 Å². The third-order valence-corrected chi connectivity index (χ3v) is 3.07. The molecule has 0 aliphatic rings. The number of benzene rings is 1. The summed E-state index contributed by atoms with van der Waals surface area (Å²) in [7, 11) is 0. The van der Waals surface area contributed by atoms with E-state index in [0.717, 1.165) is 25.9 Å². The molecule has 0 saturated heterocycles. The zero-order valence-electron chi connectivity index (χ0n) is 12.5. The molecule has 1 amide bonds. The number of hydrogen-bond donors (Lipinski definition) is 2. The van der Waals surface area contributed by atoms with E-state index in [1.54, 1.807) is 0 Å². The van der Waals surface area contributed by atoms with E-state index in [0.29, 0.717) is 6.61 Å². The van der Waals surface area contributed by atoms with Crippen molar-refractivity contribution >= 4 is 5.91 Å². The van der Waals surface area contributed by atoms with E-state index >= 15 is 0 Å². The van der Waals surface area contributed by atoms with Crippen molar-refractivity contribution in [3.05, 3.63) is 35.9 Å². The van der Waals surface area contributed by atoms with Crippen LogP contribution in [0.25, 0.3) is 0 Å². The summed E-state index contributed by atoms with van der Waals surface area (Å²) in [5, 5.41) is 6.22. The van der Waals surface area contributed by atoms with Gasteiger partial charge in [0.1, 0.15) is 6.61 Å². The lowest BCUT2D eigenvalue weighted by Crippen LogP contribution is -2.35. The molecule has 0 aromatic heterocycles. The van der Waals surface area contributed by atoms with Crippen LogP contribution in [0.3, 0.4) is 0 Å². The van der Waals surface area contributed by atoms with Crippen molar-refractivity contribution < 1.29 is 9.53 Å². The Kier molecular flexibility index (Phi) is 8.67. The average Bonchev–Trinajstić information content (AvgIpc) is 2.47. The number of ether oxygens (including phenoxy) is 1. The molecule has 4 heteroatoms. The van der Waals surface area contributed by atoms with E-state index in [9.17, 15) is 4.79 Å². The fourth-order valence-corrected chi connectivity index (χ4v) is 1.71. The maximum Gasteiger partial charge on any atom is 0.246 e. The van der Waals surface area contributed by atoms with Crippen molar-refractivity contribution in [1.29, 1.82) is 0 Å². The van der Waals surface area contributed by atoms with Crippen LogP contribution in [0.5, 0.6) is 0 Å². The molecule has 1 atom stereocenters. The molecule has 112 valence electrons. The van der Waals surface area contributed by atoms with Gasteiger partial charge >= 0.3 is 0 Å². The molecule has 20 heavy (non-hydrogen) atoms. The van der Waals surface area contributed by atoms with E-state index in [4.69, 9.17) is 4.74 Å². The van der Waals surface area contributed by atoms with Crippen molar-refractivity contribution in [1.82, 2.24) is 10.6 Å². The quantitative estimate of drug-likeness (QED) is 0.644. The van der Waals surface area contributed by atoms with Gasteiger partial charge in [-0.3, -0.25) is 4.79 Å². The summed E-state index contributed by atoms with van der Waals surface area (Å²) < 4.78 is 5.34. The van der Waals surface area contributed by atoms with Crippen LogP contribution in [0.2, 0.25) is 0 Å². The summed E-state index contributed by atoms with van der Waals surface area (Å²) in [5.74, 6) is -0.0309. The number of nitrogens with one attached hydrogen (secondary N) is 2. The fraction of sp³-hybridized carbons (Fsp3) is 0.562. The molecule has 1 aromatic carbocycles. The first-order valence-corrected chi connectivity index (χ1v) is 7.34. The second kappa shape index (κ2) is 10.4. The predicted octanol–water partition coefficient (Wildman–Crippen LogP) is 2.10. The molecule has 0 spiro atoms. The Morgan fingerprint density at radius 2 is 2.05 bits per heavy atom. The Hall–Kier alpha value is -1.39. The van der Waals surface area contributed by atoms with Crippen LogP contribution >= 0.6 is 0 Å². The zero-order valence-corrected chi connectivity index (χ0v) is 12.5. The molecule has 0 saturated carbocycles. The van der Waals surface area contributed by atoms with Crippen molar-refractivity contribution in [3.63, 3.8) is 0 Å². The van der Waals surface area contributed by atoms with Gasteiger partial charge in [-0.15, -0.1) is 0 Å². The number of amides is 1. The highest BCUT2D eigenvalue weighted by Gasteiger charge is 2.04. The lowest BCUT2D eigenvalue weighted by atomic mass is 10.2. The molecule has 2 N–H and O–H groups in total. The molecule has 0 fully saturated rings. The number of hydrogen-bond acceptors (Lipinski definition) is 3. The van der Waals surface area contributed by atoms with Crippen LogP contribution in [0.4, 0.5) is 0 Å². The first-order valence-electron chi connectivity index (χ1n) is 7.34. The Bertz CT molecular complexity index is 368. The van der Waals surface area contributed by atoms with Gasteiger partial charge in [-0.1, -0.05) is 37.3 Å². The van der Waals surface area contributed by atoms with E-state index in [1.807, 2.05) is 32.0 Å². The SMILES string of the molecule is CCC(C)NC(=O)COCCCNCc1ccccc1. The largest absolute Gasteiger partial charge is 0.372 e. The predicted molar refractivity (Wildman–Crippen MR) is 81.5 cm³/mol. The number of carbonyl (C=O) groups excluding carboxylic acids is 1. The number of carbonyl (C=O) groups is 1. The second-order valence-corrected chi connectivity index (χ2v) is 4.95. The minimum Gasteiger partial charge on any atom is -0.372 e. The van der Waals surface area contributed by atoms with Crippen LogP contribution in [0, 0.1) is 0 Å². The fourth-order valence-electron chi connectivity index (χ4n) is 1.71. The van der Waals surface area contributed by atoms with Gasteiger partial charge in [-0.2, -0.15) is 0 Å². The van der Waals surface area contributed by atoms with Gasteiger partial charge in [-0.25, -0.2) is 0 Å². The third-order valence-electron chi connectivity index (χ3n) is 3.07. The summed E-state index contributed by atoms with van der Waals surface area (Å²) >= 11 is 0. The van der Waals surface area contributed by atoms with E-state index < -0.39 is 0 Å². The molecule has 1 rings (SSSR count). The molecular weight excluding hydrogens is 252 g/mol. The summed E-state index contributed by atoms with van der Waals surface area (Å²) in [6.45, 7) is 6.56. The smallest absolute Gasteiger partial charge is 0.246 e. The van der Waals surface area contributed by atoms with Gasteiger partial charge in [0.25, 0.3) is 0 Å². The Balaban J connectivity index is 1.93. The van der Waals surface area contributed by atoms with Crippen molar-refractivity contribution in [2.24, 2.45) is 0 Å². The summed E-state index contributed by atoms with van der Waals surface area (Å²) in [5.41, 5.74) is 1.28. The average molecular weight is 278 g/mol. The Labute approximate surface area is 121 Å². The van der Waals surface area contributed by atoms with Gasteiger partial charge in [0.2, 0.25) is 5.91 Å². The summed E-state index contributed by atoms with van der Waals surface area (Å²) in [6, 6.07) is 10.5. The van der Waals surface area contributed by atoms with E-state index in [-0.39, 0.29) is 18.6 Å². The minimum atomic E-state index is -0.0309. The molecule has 4 nitrogen and oxygen atoms in total. The molecule has 1 unspecified atom stereocenters. The maximum absolute atomic E-state index is 11.4. The lowest BCUT2D eigenvalue weighted by Gasteiger charge is -2.11. The van der Waals surface area contributed by atoms with Crippen LogP contribution in [-0.4, -0.2) is 31.7 Å². The topological polar surface area (TPSA) is 50.4 Å². The highest BCUT2D eigenvalue weighted by atomic mass is 16.5. The molecule has 0 aliphatic heterocycles. The standard InChI is InChI=1S/C16H26N2O2/c1-3-14(2)18-16(19)13-20-11-7-10-17-12-15-8-5-4-6-9-15/h4-6,8-9,14,17H,3,7,10-13H2,1-2H3,(H,18,19). The van der Waals surface area contributed by atoms with Crippen LogP contribution in [-0.2, 0) is 16.1 Å². The van der Waals surface area contributed by atoms with Gasteiger partial charge in [0.05, 0.1) is 0 Å². The zero-order chi connectivity index (χ0) is 14.6. The molecule has 0 heterocycles. The van der Waals surface area contributed by atoms with Gasteiger partial charge < -0.3 is 15.4 Å². The van der Waals surface area contributed by atoms with Crippen LogP contribution in [0.1, 0.15) is 32.3 Å². The Morgan fingerprint density at radius 3 is 2.75 bits per heavy atom. The maximum atomic E-state index is 11.4. The minimum absolute atomic E-state index is 0.0309. The van der Waals surface area contributed by atoms with Crippen molar-refractivity contribution in [3.8, 4) is 0 Å². The van der Waals surface area contributed by atoms with Crippen molar-refractivity contribution in [2.75, 3.05) is 19.8 Å². The highest BCUT2D eigenvalue weighted by Crippen LogP contribution is 1.97. The van der Waals surface area contributed by atoms with Crippen molar-refractivity contribution in [2.45, 2.75) is 39.3 Å². The van der Waals surface area contributed by atoms with E-state index in [1.165, 1.54) is 5.56 Å². The second-order valence-electron chi connectivity index (χ2n) is 4.95. The van der Waals surface area contributed by atoms with Crippen LogP contribution in [0.15, 0.2) is 30.3 Å². The number of rotatable bonds is 10. The summed E-state index contributed by atoms with van der Waals surface area (Å²) in [4.78, 5) is 11.4. The lowest BCUT2D eigenvalue weighted by molar-refractivity contribution is -0.126. The third kappa shape index (κ3) is 7.92. The highest BCUT2D eigenvalue weighted by molar-refractivity contribution is 5.77. The summed E-state index contributed by atoms with van der Waals surface area (Å²) in [6.07, 6.45) is 1.85. The Morgan fingerprint density at radius 1 is 1.30 bits per heavy atom. The molecule has 1 aromatic rings. The molecule has 0 bridgehead atoms. The molecule has 0 radical (unpaired) electrons. The monoisotopic (exact) mass is 278 g/mol. The van der Waals surface area contributed by atoms with E-state index in [2.05, 4.69) is 22.8 Å². The normalized spacial score (nSPS) is 12.1. The van der Waals surface area contributed by atoms with Gasteiger partial charge in [0, 0.05) is 19.2 Å². The molecular formula is C16H26N2O2. The molecule has 0 aliphatic carbocycles. The first kappa shape index (κ1) is 16.7. The first-order chi connectivity index (χ1) is 9.72. The van der Waals surface area contributed by atoms with Crippen LogP contribution < -0.4 is 10.6 Å².